The summed E-state index contributed by atoms with van der Waals surface area (Å²) in [5.74, 6) is 2.61. The zero-order valence-electron chi connectivity index (χ0n) is 17.5. The molecule has 0 saturated carbocycles. The van der Waals surface area contributed by atoms with Crippen LogP contribution in [0.2, 0.25) is 0 Å². The highest BCUT2D eigenvalue weighted by Gasteiger charge is 2.26. The third-order valence-electron chi connectivity index (χ3n) is 5.54. The molecule has 1 aromatic carbocycles. The number of carbonyl (C=O) groups is 1. The number of amides is 1. The molecule has 3 heterocycles. The molecular formula is C23H27N3O3S. The number of benzene rings is 1. The van der Waals surface area contributed by atoms with E-state index in [0.717, 1.165) is 49.4 Å². The Bertz CT molecular complexity index is 980. The Morgan fingerprint density at radius 2 is 2.17 bits per heavy atom. The van der Waals surface area contributed by atoms with Crippen LogP contribution in [-0.2, 0) is 17.6 Å². The molecular weight excluding hydrogens is 398 g/mol. The van der Waals surface area contributed by atoms with Crippen LogP contribution in [0.15, 0.2) is 40.3 Å². The highest BCUT2D eigenvalue weighted by Crippen LogP contribution is 2.30. The summed E-state index contributed by atoms with van der Waals surface area (Å²) < 4.78 is 11.0. The zero-order chi connectivity index (χ0) is 20.9. The fourth-order valence-corrected chi connectivity index (χ4v) is 4.80. The minimum atomic E-state index is 0.163. The van der Waals surface area contributed by atoms with Crippen molar-refractivity contribution in [2.45, 2.75) is 44.9 Å². The molecule has 30 heavy (non-hydrogen) atoms. The van der Waals surface area contributed by atoms with Crippen molar-refractivity contribution in [3.05, 3.63) is 52.4 Å². The Hall–Kier alpha value is -2.67. The molecule has 1 atom stereocenters. The molecule has 1 aliphatic heterocycles. The normalized spacial score (nSPS) is 16.6. The first-order valence-corrected chi connectivity index (χ1v) is 11.4. The lowest BCUT2D eigenvalue weighted by Crippen LogP contribution is -2.39. The van der Waals surface area contributed by atoms with Gasteiger partial charge in [0.2, 0.25) is 5.91 Å². The number of rotatable bonds is 7. The van der Waals surface area contributed by atoms with Gasteiger partial charge in [0, 0.05) is 42.8 Å². The summed E-state index contributed by atoms with van der Waals surface area (Å²) >= 11 is 1.73. The number of piperidine rings is 1. The standard InChI is InChI=1S/C23H27N3O3S/c1-3-18-15-30-23(25-18)17-5-4-12-26(14-17)22(27)11-10-21-24-13-20(29-21)16-6-8-19(28-2)9-7-16/h6-9,13,15,17H,3-5,10-12,14H2,1-2H3. The van der Waals surface area contributed by atoms with Crippen LogP contribution in [0.3, 0.4) is 0 Å². The molecule has 158 valence electrons. The molecule has 6 nitrogen and oxygen atoms in total. The maximum absolute atomic E-state index is 12.8. The van der Waals surface area contributed by atoms with E-state index in [1.54, 1.807) is 24.6 Å². The maximum Gasteiger partial charge on any atom is 0.223 e. The number of ether oxygens (including phenoxy) is 1. The highest BCUT2D eigenvalue weighted by atomic mass is 32.1. The lowest BCUT2D eigenvalue weighted by Gasteiger charge is -2.31. The monoisotopic (exact) mass is 425 g/mol. The molecule has 1 saturated heterocycles. The Morgan fingerprint density at radius 3 is 2.90 bits per heavy atom. The molecule has 1 aliphatic rings. The molecule has 1 amide bonds. The Balaban J connectivity index is 1.32. The number of likely N-dealkylation sites (tertiary alicyclic amines) is 1. The van der Waals surface area contributed by atoms with Gasteiger partial charge in [-0.2, -0.15) is 0 Å². The fourth-order valence-electron chi connectivity index (χ4n) is 3.76. The largest absolute Gasteiger partial charge is 0.497 e. The van der Waals surface area contributed by atoms with Gasteiger partial charge in [-0.15, -0.1) is 11.3 Å². The molecule has 4 rings (SSSR count). The maximum atomic E-state index is 12.8. The van der Waals surface area contributed by atoms with Gasteiger partial charge in [-0.25, -0.2) is 9.97 Å². The van der Waals surface area contributed by atoms with Gasteiger partial charge in [0.25, 0.3) is 0 Å². The number of thiazole rings is 1. The van der Waals surface area contributed by atoms with E-state index < -0.39 is 0 Å². The molecule has 0 N–H and O–H groups in total. The molecule has 2 aromatic heterocycles. The third kappa shape index (κ3) is 4.73. The number of carbonyl (C=O) groups excluding carboxylic acids is 1. The Labute approximate surface area is 180 Å². The van der Waals surface area contributed by atoms with E-state index in [1.165, 1.54) is 5.01 Å². The number of hydrogen-bond donors (Lipinski definition) is 0. The molecule has 0 radical (unpaired) electrons. The van der Waals surface area contributed by atoms with E-state index in [-0.39, 0.29) is 5.91 Å². The summed E-state index contributed by atoms with van der Waals surface area (Å²) in [6.07, 6.45) is 5.72. The number of aromatic nitrogens is 2. The Morgan fingerprint density at radius 1 is 1.33 bits per heavy atom. The first kappa shape index (κ1) is 20.6. The van der Waals surface area contributed by atoms with Gasteiger partial charge in [-0.3, -0.25) is 4.79 Å². The first-order chi connectivity index (χ1) is 14.7. The van der Waals surface area contributed by atoms with Crippen molar-refractivity contribution in [3.8, 4) is 17.1 Å². The number of nitrogens with zero attached hydrogens (tertiary/aromatic N) is 3. The van der Waals surface area contributed by atoms with Gasteiger partial charge in [-0.05, 0) is 43.5 Å². The predicted octanol–water partition coefficient (Wildman–Crippen LogP) is 4.71. The minimum Gasteiger partial charge on any atom is -0.497 e. The van der Waals surface area contributed by atoms with Crippen molar-refractivity contribution in [1.29, 1.82) is 0 Å². The quantitative estimate of drug-likeness (QED) is 0.548. The van der Waals surface area contributed by atoms with Crippen LogP contribution in [-0.4, -0.2) is 41.0 Å². The average Bonchev–Trinajstić information content (AvgIpc) is 3.47. The molecule has 1 unspecified atom stereocenters. The Kier molecular flexibility index (Phi) is 6.47. The SMILES string of the molecule is CCc1csc(C2CCCN(C(=O)CCc3ncc(-c4ccc(OC)cc4)o3)C2)n1. The van der Waals surface area contributed by atoms with Gasteiger partial charge in [0.05, 0.1) is 24.0 Å². The lowest BCUT2D eigenvalue weighted by molar-refractivity contribution is -0.132. The van der Waals surface area contributed by atoms with Crippen LogP contribution in [0.5, 0.6) is 5.75 Å². The van der Waals surface area contributed by atoms with Gasteiger partial charge in [0.15, 0.2) is 11.7 Å². The molecule has 1 fully saturated rings. The van der Waals surface area contributed by atoms with E-state index in [9.17, 15) is 4.79 Å². The fraction of sp³-hybridized carbons (Fsp3) is 0.435. The molecule has 3 aromatic rings. The third-order valence-corrected chi connectivity index (χ3v) is 6.59. The van der Waals surface area contributed by atoms with Crippen LogP contribution in [0.4, 0.5) is 0 Å². The van der Waals surface area contributed by atoms with Crippen LogP contribution >= 0.6 is 11.3 Å². The second-order valence-corrected chi connectivity index (χ2v) is 8.45. The van der Waals surface area contributed by atoms with Crippen LogP contribution in [0.1, 0.15) is 48.7 Å². The van der Waals surface area contributed by atoms with Crippen LogP contribution in [0, 0.1) is 0 Å². The van der Waals surface area contributed by atoms with Crippen molar-refractivity contribution < 1.29 is 13.9 Å². The molecule has 0 aliphatic carbocycles. The topological polar surface area (TPSA) is 68.5 Å². The van der Waals surface area contributed by atoms with Crippen molar-refractivity contribution in [2.75, 3.05) is 20.2 Å². The van der Waals surface area contributed by atoms with E-state index in [1.807, 2.05) is 29.2 Å². The summed E-state index contributed by atoms with van der Waals surface area (Å²) in [6.45, 7) is 3.71. The van der Waals surface area contributed by atoms with E-state index >= 15 is 0 Å². The van der Waals surface area contributed by atoms with E-state index in [4.69, 9.17) is 14.1 Å². The van der Waals surface area contributed by atoms with Crippen molar-refractivity contribution >= 4 is 17.2 Å². The smallest absolute Gasteiger partial charge is 0.223 e. The van der Waals surface area contributed by atoms with E-state index in [0.29, 0.717) is 30.4 Å². The average molecular weight is 426 g/mol. The van der Waals surface area contributed by atoms with Gasteiger partial charge in [-0.1, -0.05) is 6.92 Å². The summed E-state index contributed by atoms with van der Waals surface area (Å²) in [4.78, 5) is 23.8. The summed E-state index contributed by atoms with van der Waals surface area (Å²) in [5, 5.41) is 3.31. The number of hydrogen-bond acceptors (Lipinski definition) is 6. The van der Waals surface area contributed by atoms with Gasteiger partial charge < -0.3 is 14.1 Å². The lowest BCUT2D eigenvalue weighted by atomic mass is 9.98. The summed E-state index contributed by atoms with van der Waals surface area (Å²) in [7, 11) is 1.64. The predicted molar refractivity (Wildman–Crippen MR) is 117 cm³/mol. The second kappa shape index (κ2) is 9.43. The van der Waals surface area contributed by atoms with Gasteiger partial charge in [0.1, 0.15) is 5.75 Å². The van der Waals surface area contributed by atoms with Crippen LogP contribution < -0.4 is 4.74 Å². The highest BCUT2D eigenvalue weighted by molar-refractivity contribution is 7.09. The number of aryl methyl sites for hydroxylation is 2. The first-order valence-electron chi connectivity index (χ1n) is 10.5. The second-order valence-electron chi connectivity index (χ2n) is 7.56. The molecule has 7 heteroatoms. The molecule has 0 spiro atoms. The minimum absolute atomic E-state index is 0.163. The summed E-state index contributed by atoms with van der Waals surface area (Å²) in [6, 6.07) is 7.65. The summed E-state index contributed by atoms with van der Waals surface area (Å²) in [5.41, 5.74) is 2.09. The zero-order valence-corrected chi connectivity index (χ0v) is 18.3. The van der Waals surface area contributed by atoms with Crippen molar-refractivity contribution in [3.63, 3.8) is 0 Å². The van der Waals surface area contributed by atoms with Crippen LogP contribution in [0.25, 0.3) is 11.3 Å². The van der Waals surface area contributed by atoms with Crippen molar-refractivity contribution in [2.24, 2.45) is 0 Å². The molecule has 0 bridgehead atoms. The van der Waals surface area contributed by atoms with E-state index in [2.05, 4.69) is 17.3 Å². The number of methoxy groups -OCH3 is 1. The number of oxazole rings is 1. The van der Waals surface area contributed by atoms with Gasteiger partial charge >= 0.3 is 0 Å². The van der Waals surface area contributed by atoms with Crippen molar-refractivity contribution in [1.82, 2.24) is 14.9 Å².